The van der Waals surface area contributed by atoms with E-state index in [0.29, 0.717) is 34.4 Å². The quantitative estimate of drug-likeness (QED) is 0.271. The van der Waals surface area contributed by atoms with Crippen LogP contribution in [-0.2, 0) is 0 Å². The second-order valence-corrected chi connectivity index (χ2v) is 9.01. The third-order valence-electron chi connectivity index (χ3n) is 6.57. The number of carbonyl (C=O) groups excluding carboxylic acids is 1. The molecule has 0 saturated carbocycles. The van der Waals surface area contributed by atoms with Gasteiger partial charge in [0.1, 0.15) is 17.2 Å². The van der Waals surface area contributed by atoms with Gasteiger partial charge in [-0.1, -0.05) is 19.1 Å². The maximum Gasteiger partial charge on any atom is 0.250 e. The predicted molar refractivity (Wildman–Crippen MR) is 147 cm³/mol. The number of methoxy groups -OCH3 is 1. The van der Waals surface area contributed by atoms with E-state index in [-0.39, 0.29) is 0 Å². The van der Waals surface area contributed by atoms with E-state index in [2.05, 4.69) is 43.4 Å². The molecule has 0 radical (unpaired) electrons. The lowest BCUT2D eigenvalue weighted by Gasteiger charge is -2.36. The summed E-state index contributed by atoms with van der Waals surface area (Å²) in [6.45, 7) is 7.48. The Bertz CT molecular complexity index is 1390. The predicted octanol–water partition coefficient (Wildman–Crippen LogP) is 4.08. The fourth-order valence-electron chi connectivity index (χ4n) is 4.67. The van der Waals surface area contributed by atoms with Crippen LogP contribution in [0.25, 0.3) is 11.0 Å². The molecule has 5 rings (SSSR count). The monoisotopic (exact) mass is 500 g/mol. The zero-order valence-electron chi connectivity index (χ0n) is 21.1. The molecule has 5 N–H and O–H groups in total. The Kier molecular flexibility index (Phi) is 7.09. The van der Waals surface area contributed by atoms with Crippen LogP contribution >= 0.6 is 0 Å². The van der Waals surface area contributed by atoms with Gasteiger partial charge in [0.05, 0.1) is 29.4 Å². The van der Waals surface area contributed by atoms with Crippen molar-refractivity contribution in [2.45, 2.75) is 13.3 Å². The van der Waals surface area contributed by atoms with Crippen LogP contribution in [0.1, 0.15) is 23.7 Å². The van der Waals surface area contributed by atoms with E-state index in [0.717, 1.165) is 49.5 Å². The molecule has 3 heterocycles. The summed E-state index contributed by atoms with van der Waals surface area (Å²) in [5, 5.41) is 7.33. The Balaban J connectivity index is 1.40. The number of hydrogen-bond donors (Lipinski definition) is 4. The molecule has 1 fully saturated rings. The Morgan fingerprint density at radius 2 is 1.86 bits per heavy atom. The van der Waals surface area contributed by atoms with E-state index < -0.39 is 5.91 Å². The molecule has 192 valence electrons. The highest BCUT2D eigenvalue weighted by atomic mass is 16.5. The van der Waals surface area contributed by atoms with E-state index in [1.54, 1.807) is 31.5 Å². The minimum absolute atomic E-state index is 0.382. The van der Waals surface area contributed by atoms with Crippen LogP contribution in [0.3, 0.4) is 0 Å². The van der Waals surface area contributed by atoms with Crippen LogP contribution in [0.15, 0.2) is 54.7 Å². The number of aromatic amines is 1. The summed E-state index contributed by atoms with van der Waals surface area (Å²) < 4.78 is 5.72. The molecule has 1 aliphatic rings. The van der Waals surface area contributed by atoms with Gasteiger partial charge >= 0.3 is 0 Å². The molecule has 2 aromatic carbocycles. The van der Waals surface area contributed by atoms with Crippen LogP contribution in [0.4, 0.5) is 28.8 Å². The van der Waals surface area contributed by atoms with Gasteiger partial charge < -0.3 is 31.0 Å². The van der Waals surface area contributed by atoms with Gasteiger partial charge in [0.15, 0.2) is 0 Å². The number of anilines is 5. The van der Waals surface area contributed by atoms with Gasteiger partial charge in [-0.25, -0.2) is 0 Å². The first-order valence-electron chi connectivity index (χ1n) is 12.5. The average Bonchev–Trinajstić information content (AvgIpc) is 3.39. The lowest BCUT2D eigenvalue weighted by molar-refractivity contribution is 0.100. The van der Waals surface area contributed by atoms with Crippen LogP contribution in [0, 0.1) is 0 Å². The van der Waals surface area contributed by atoms with Gasteiger partial charge in [0.2, 0.25) is 5.95 Å². The number of amides is 1. The van der Waals surface area contributed by atoms with Gasteiger partial charge in [0, 0.05) is 44.1 Å². The lowest BCUT2D eigenvalue weighted by atomic mass is 10.1. The number of H-pyrrole nitrogens is 1. The highest BCUT2D eigenvalue weighted by Crippen LogP contribution is 2.33. The second-order valence-electron chi connectivity index (χ2n) is 9.01. The fourth-order valence-corrected chi connectivity index (χ4v) is 4.67. The van der Waals surface area contributed by atoms with Crippen molar-refractivity contribution in [1.82, 2.24) is 19.9 Å². The van der Waals surface area contributed by atoms with Crippen molar-refractivity contribution in [2.75, 3.05) is 55.4 Å². The van der Waals surface area contributed by atoms with Crippen molar-refractivity contribution >= 4 is 45.8 Å². The van der Waals surface area contributed by atoms with Crippen molar-refractivity contribution in [1.29, 1.82) is 0 Å². The number of benzene rings is 2. The topological polar surface area (TPSA) is 124 Å². The van der Waals surface area contributed by atoms with Gasteiger partial charge in [0.25, 0.3) is 5.91 Å². The molecular formula is C27H32N8O2. The molecule has 0 atom stereocenters. The normalized spacial score (nSPS) is 14.1. The number of fused-ring (bicyclic) bond motifs is 1. The van der Waals surface area contributed by atoms with E-state index in [9.17, 15) is 4.79 Å². The number of piperazine rings is 1. The minimum Gasteiger partial charge on any atom is -0.494 e. The number of para-hydroxylation sites is 1. The molecule has 0 spiro atoms. The molecule has 4 aromatic rings. The third-order valence-corrected chi connectivity index (χ3v) is 6.57. The van der Waals surface area contributed by atoms with Crippen LogP contribution in [0.2, 0.25) is 0 Å². The molecule has 1 amide bonds. The largest absolute Gasteiger partial charge is 0.494 e. The summed E-state index contributed by atoms with van der Waals surface area (Å²) in [5.74, 6) is 1.12. The number of nitrogens with two attached hydrogens (primary N) is 1. The zero-order valence-corrected chi connectivity index (χ0v) is 21.1. The second kappa shape index (κ2) is 10.8. The van der Waals surface area contributed by atoms with Crippen LogP contribution in [0.5, 0.6) is 5.75 Å². The zero-order chi connectivity index (χ0) is 25.8. The van der Waals surface area contributed by atoms with Crippen molar-refractivity contribution in [3.05, 3.63) is 60.3 Å². The van der Waals surface area contributed by atoms with Gasteiger partial charge in [-0.05, 0) is 43.3 Å². The molecule has 0 unspecified atom stereocenters. The number of nitrogens with one attached hydrogen (secondary N) is 3. The van der Waals surface area contributed by atoms with E-state index >= 15 is 0 Å². The summed E-state index contributed by atoms with van der Waals surface area (Å²) in [4.78, 5) is 29.3. The summed E-state index contributed by atoms with van der Waals surface area (Å²) in [6.07, 6.45) is 2.98. The average molecular weight is 501 g/mol. The standard InChI is InChI=1S/C27H32N8O2/c1-3-12-34-13-15-35(16-14-34)18-8-9-22(23(17-18)37-2)31-27-32-25-20(10-11-29-25)26(33-27)30-21-7-5-4-6-19(21)24(28)36/h4-11,17H,3,12-16H2,1-2H3,(H2,28,36)(H3,29,30,31,32,33). The first-order valence-corrected chi connectivity index (χ1v) is 12.5. The highest BCUT2D eigenvalue weighted by Gasteiger charge is 2.19. The fraction of sp³-hybridized carbons (Fsp3) is 0.296. The van der Waals surface area contributed by atoms with Crippen LogP contribution < -0.4 is 26.0 Å². The molecule has 1 saturated heterocycles. The van der Waals surface area contributed by atoms with Gasteiger partial charge in [-0.2, -0.15) is 9.97 Å². The summed E-state index contributed by atoms with van der Waals surface area (Å²) in [5.41, 5.74) is 9.05. The number of ether oxygens (including phenoxy) is 1. The van der Waals surface area contributed by atoms with Crippen molar-refractivity contribution in [2.24, 2.45) is 5.73 Å². The summed E-state index contributed by atoms with van der Waals surface area (Å²) in [7, 11) is 1.66. The molecule has 1 aliphatic heterocycles. The number of aromatic nitrogens is 3. The molecular weight excluding hydrogens is 468 g/mol. The minimum atomic E-state index is -0.516. The molecule has 0 bridgehead atoms. The first kappa shape index (κ1) is 24.4. The Morgan fingerprint density at radius 1 is 1.05 bits per heavy atom. The molecule has 37 heavy (non-hydrogen) atoms. The van der Waals surface area contributed by atoms with E-state index in [4.69, 9.17) is 15.5 Å². The number of rotatable bonds is 9. The lowest BCUT2D eigenvalue weighted by Crippen LogP contribution is -2.46. The third kappa shape index (κ3) is 5.29. The van der Waals surface area contributed by atoms with E-state index in [1.807, 2.05) is 24.3 Å². The van der Waals surface area contributed by atoms with E-state index in [1.165, 1.54) is 6.42 Å². The smallest absolute Gasteiger partial charge is 0.250 e. The Labute approximate surface area is 215 Å². The Hall–Kier alpha value is -4.31. The van der Waals surface area contributed by atoms with Gasteiger partial charge in [-0.15, -0.1) is 0 Å². The number of hydrogen-bond acceptors (Lipinski definition) is 8. The number of primary amides is 1. The highest BCUT2D eigenvalue weighted by molar-refractivity contribution is 6.00. The first-order chi connectivity index (χ1) is 18.1. The SMILES string of the molecule is CCCN1CCN(c2ccc(Nc3nc(Nc4ccccc4C(N)=O)c4cc[nH]c4n3)c(OC)c2)CC1. The summed E-state index contributed by atoms with van der Waals surface area (Å²) in [6, 6.07) is 15.1. The van der Waals surface area contributed by atoms with Crippen molar-refractivity contribution in [3.63, 3.8) is 0 Å². The number of nitrogens with zero attached hydrogens (tertiary/aromatic N) is 4. The van der Waals surface area contributed by atoms with Crippen molar-refractivity contribution < 1.29 is 9.53 Å². The maximum absolute atomic E-state index is 11.9. The number of carbonyl (C=O) groups is 1. The molecule has 10 nitrogen and oxygen atoms in total. The molecule has 0 aliphatic carbocycles. The van der Waals surface area contributed by atoms with Crippen molar-refractivity contribution in [3.8, 4) is 5.75 Å². The molecule has 2 aromatic heterocycles. The maximum atomic E-state index is 11.9. The van der Waals surface area contributed by atoms with Gasteiger partial charge in [-0.3, -0.25) is 9.69 Å². The Morgan fingerprint density at radius 3 is 2.62 bits per heavy atom. The summed E-state index contributed by atoms with van der Waals surface area (Å²) >= 11 is 0. The molecule has 10 heteroatoms. The van der Waals surface area contributed by atoms with Crippen LogP contribution in [-0.4, -0.2) is 65.6 Å².